The second-order valence-corrected chi connectivity index (χ2v) is 8.29. The molecule has 1 N–H and O–H groups in total. The maximum atomic E-state index is 13.8. The lowest BCUT2D eigenvalue weighted by atomic mass is 10.1. The molecule has 0 bridgehead atoms. The van der Waals surface area contributed by atoms with Gasteiger partial charge in [-0.05, 0) is 18.2 Å². The lowest BCUT2D eigenvalue weighted by Crippen LogP contribution is -2.46. The van der Waals surface area contributed by atoms with Gasteiger partial charge in [-0.25, -0.2) is 17.6 Å². The van der Waals surface area contributed by atoms with Crippen LogP contribution in [0.25, 0.3) is 0 Å². The van der Waals surface area contributed by atoms with Gasteiger partial charge in [0, 0.05) is 36.4 Å². The van der Waals surface area contributed by atoms with E-state index in [1.807, 2.05) is 0 Å². The van der Waals surface area contributed by atoms with Crippen LogP contribution in [0, 0.1) is 5.82 Å². The third kappa shape index (κ3) is 3.96. The molecule has 1 saturated heterocycles. The predicted molar refractivity (Wildman–Crippen MR) is 79.7 cm³/mol. The molecule has 0 aromatic heterocycles. The zero-order valence-electron chi connectivity index (χ0n) is 11.5. The van der Waals surface area contributed by atoms with E-state index >= 15 is 0 Å². The minimum atomic E-state index is -3.27. The highest BCUT2D eigenvalue weighted by atomic mass is 32.2. The first-order chi connectivity index (χ1) is 9.79. The molecular formula is C13H16FNO4S2. The number of carbonyl (C=O) groups is 1. The Morgan fingerprint density at radius 3 is 2.86 bits per heavy atom. The van der Waals surface area contributed by atoms with Gasteiger partial charge in [0.15, 0.2) is 9.84 Å². The Kier molecular flexibility index (Phi) is 4.90. The summed E-state index contributed by atoms with van der Waals surface area (Å²) in [5.74, 6) is -0.443. The predicted octanol–water partition coefficient (Wildman–Crippen LogP) is 1.44. The largest absolute Gasteiger partial charge is 0.478 e. The summed E-state index contributed by atoms with van der Waals surface area (Å²) in [6.45, 7) is 0.615. The first-order valence-electron chi connectivity index (χ1n) is 6.31. The molecule has 8 heteroatoms. The number of carboxylic acid groups (broad SMARTS) is 1. The van der Waals surface area contributed by atoms with E-state index in [0.717, 1.165) is 11.8 Å². The number of sulfone groups is 1. The molecule has 0 aliphatic carbocycles. The summed E-state index contributed by atoms with van der Waals surface area (Å²) < 4.78 is 37.4. The molecule has 1 aromatic rings. The summed E-state index contributed by atoms with van der Waals surface area (Å²) in [6, 6.07) is 3.56. The van der Waals surface area contributed by atoms with E-state index in [-0.39, 0.29) is 17.7 Å². The summed E-state index contributed by atoms with van der Waals surface area (Å²) in [6.07, 6.45) is 1.17. The van der Waals surface area contributed by atoms with E-state index < -0.39 is 27.0 Å². The zero-order chi connectivity index (χ0) is 15.6. The summed E-state index contributed by atoms with van der Waals surface area (Å²) in [5, 5.41) is 8.29. The van der Waals surface area contributed by atoms with Crippen LogP contribution in [0.5, 0.6) is 0 Å². The van der Waals surface area contributed by atoms with E-state index in [0.29, 0.717) is 12.3 Å². The van der Waals surface area contributed by atoms with Crippen molar-refractivity contribution >= 4 is 27.6 Å². The molecule has 1 aromatic carbocycles. The van der Waals surface area contributed by atoms with Crippen molar-refractivity contribution in [2.75, 3.05) is 24.3 Å². The van der Waals surface area contributed by atoms with Gasteiger partial charge < -0.3 is 5.11 Å². The van der Waals surface area contributed by atoms with Gasteiger partial charge in [0.05, 0.1) is 5.56 Å². The molecular weight excluding hydrogens is 317 g/mol. The molecule has 2 rings (SSSR count). The quantitative estimate of drug-likeness (QED) is 0.899. The van der Waals surface area contributed by atoms with Crippen LogP contribution in [0.1, 0.15) is 15.9 Å². The van der Waals surface area contributed by atoms with E-state index in [2.05, 4.69) is 0 Å². The van der Waals surface area contributed by atoms with Gasteiger partial charge in [-0.2, -0.15) is 11.8 Å². The third-order valence-electron chi connectivity index (χ3n) is 3.35. The van der Waals surface area contributed by atoms with E-state index in [9.17, 15) is 17.6 Å². The number of aromatic carboxylic acids is 1. The molecule has 0 saturated carbocycles. The first-order valence-corrected chi connectivity index (χ1v) is 9.42. The summed E-state index contributed by atoms with van der Waals surface area (Å²) >= 11 is 1.55. The highest BCUT2D eigenvalue weighted by molar-refractivity contribution is 8.00. The fraction of sp³-hybridized carbons (Fsp3) is 0.462. The van der Waals surface area contributed by atoms with Gasteiger partial charge in [0.1, 0.15) is 11.2 Å². The lowest BCUT2D eigenvalue weighted by Gasteiger charge is -2.34. The number of nitrogens with zero attached hydrogens (tertiary/aromatic N) is 1. The highest BCUT2D eigenvalue weighted by Crippen LogP contribution is 2.23. The number of hydrogen-bond acceptors (Lipinski definition) is 5. The van der Waals surface area contributed by atoms with Gasteiger partial charge in [0.2, 0.25) is 0 Å². The smallest absolute Gasteiger partial charge is 0.335 e. The van der Waals surface area contributed by atoms with Crippen LogP contribution in [0.4, 0.5) is 4.39 Å². The zero-order valence-corrected chi connectivity index (χ0v) is 13.1. The van der Waals surface area contributed by atoms with Crippen LogP contribution >= 0.6 is 11.8 Å². The Bertz CT molecular complexity index is 648. The van der Waals surface area contributed by atoms with Gasteiger partial charge in [-0.15, -0.1) is 0 Å². The van der Waals surface area contributed by atoms with Crippen LogP contribution < -0.4 is 0 Å². The summed E-state index contributed by atoms with van der Waals surface area (Å²) in [7, 11) is -3.27. The molecule has 0 spiro atoms. The van der Waals surface area contributed by atoms with Crippen LogP contribution in [-0.2, 0) is 16.4 Å². The molecule has 1 heterocycles. The first kappa shape index (κ1) is 16.3. The van der Waals surface area contributed by atoms with E-state index in [1.54, 1.807) is 16.7 Å². The molecule has 1 atom stereocenters. The minimum Gasteiger partial charge on any atom is -0.478 e. The topological polar surface area (TPSA) is 74.7 Å². The Morgan fingerprint density at radius 1 is 1.52 bits per heavy atom. The van der Waals surface area contributed by atoms with Gasteiger partial charge in [-0.1, -0.05) is 0 Å². The average Bonchev–Trinajstić information content (AvgIpc) is 2.40. The fourth-order valence-electron chi connectivity index (χ4n) is 2.24. The second kappa shape index (κ2) is 6.33. The van der Waals surface area contributed by atoms with Gasteiger partial charge in [-0.3, -0.25) is 4.90 Å². The Hall–Kier alpha value is -1.12. The normalized spacial score (nSPS) is 20.4. The van der Waals surface area contributed by atoms with Gasteiger partial charge in [0.25, 0.3) is 0 Å². The minimum absolute atomic E-state index is 0.00584. The third-order valence-corrected chi connectivity index (χ3v) is 6.04. The van der Waals surface area contributed by atoms with Crippen molar-refractivity contribution in [3.8, 4) is 0 Å². The summed E-state index contributed by atoms with van der Waals surface area (Å²) in [4.78, 5) is 12.6. The second-order valence-electron chi connectivity index (χ2n) is 4.94. The monoisotopic (exact) mass is 333 g/mol. The van der Waals surface area contributed by atoms with Crippen molar-refractivity contribution in [1.82, 2.24) is 4.90 Å². The van der Waals surface area contributed by atoms with Gasteiger partial charge >= 0.3 is 5.97 Å². The summed E-state index contributed by atoms with van der Waals surface area (Å²) in [5.41, 5.74) is 0.198. The standard InChI is InChI=1S/C13H16FNO4S2/c1-21(18,19)12-8-20-5-4-15(12)7-10-6-9(13(16)17)2-3-11(10)14/h2-3,6,12H,4-5,7-8H2,1H3,(H,16,17). The maximum Gasteiger partial charge on any atom is 0.335 e. The van der Waals surface area contributed by atoms with Crippen molar-refractivity contribution in [2.45, 2.75) is 11.9 Å². The number of thioether (sulfide) groups is 1. The van der Waals surface area contributed by atoms with Crippen molar-refractivity contribution in [3.63, 3.8) is 0 Å². The molecule has 116 valence electrons. The number of hydrogen-bond donors (Lipinski definition) is 1. The molecule has 1 unspecified atom stereocenters. The number of rotatable bonds is 4. The van der Waals surface area contributed by atoms with Crippen LogP contribution in [-0.4, -0.2) is 54.1 Å². The molecule has 1 aliphatic heterocycles. The lowest BCUT2D eigenvalue weighted by molar-refractivity contribution is 0.0696. The molecule has 21 heavy (non-hydrogen) atoms. The molecule has 1 fully saturated rings. The fourth-order valence-corrected chi connectivity index (χ4v) is 5.18. The van der Waals surface area contributed by atoms with Crippen LogP contribution in [0.3, 0.4) is 0 Å². The van der Waals surface area contributed by atoms with Crippen molar-refractivity contribution in [3.05, 3.63) is 35.1 Å². The molecule has 0 amide bonds. The Balaban J connectivity index is 2.27. The van der Waals surface area contributed by atoms with E-state index in [1.165, 1.54) is 18.4 Å². The number of halogens is 1. The Morgan fingerprint density at radius 2 is 2.24 bits per heavy atom. The average molecular weight is 333 g/mol. The molecule has 0 radical (unpaired) electrons. The SMILES string of the molecule is CS(=O)(=O)C1CSCCN1Cc1cc(C(=O)O)ccc1F. The highest BCUT2D eigenvalue weighted by Gasteiger charge is 2.31. The van der Waals surface area contributed by atoms with Crippen LogP contribution in [0.2, 0.25) is 0 Å². The van der Waals surface area contributed by atoms with Crippen molar-refractivity contribution < 1.29 is 22.7 Å². The van der Waals surface area contributed by atoms with Crippen LogP contribution in [0.15, 0.2) is 18.2 Å². The number of carboxylic acids is 1. The van der Waals surface area contributed by atoms with Crippen molar-refractivity contribution in [1.29, 1.82) is 0 Å². The number of benzene rings is 1. The van der Waals surface area contributed by atoms with E-state index in [4.69, 9.17) is 5.11 Å². The Labute approximate surface area is 127 Å². The maximum absolute atomic E-state index is 13.8. The van der Waals surface area contributed by atoms with Crippen molar-refractivity contribution in [2.24, 2.45) is 0 Å². The molecule has 5 nitrogen and oxygen atoms in total. The molecule has 1 aliphatic rings.